The molecule has 1 amide bonds. The first kappa shape index (κ1) is 15.6. The zero-order valence-corrected chi connectivity index (χ0v) is 13.2. The Morgan fingerprint density at radius 2 is 2.05 bits per heavy atom. The number of nitrogens with one attached hydrogen (secondary N) is 1. The number of carbonyl (C=O) groups excluding carboxylic acids is 1. The number of carbonyl (C=O) groups is 1. The van der Waals surface area contributed by atoms with Crippen molar-refractivity contribution in [3.8, 4) is 0 Å². The molecule has 0 bridgehead atoms. The lowest BCUT2D eigenvalue weighted by Crippen LogP contribution is -2.17. The summed E-state index contributed by atoms with van der Waals surface area (Å²) < 4.78 is 2.06. The van der Waals surface area contributed by atoms with Gasteiger partial charge in [-0.3, -0.25) is 4.79 Å². The molecule has 0 saturated heterocycles. The van der Waals surface area contributed by atoms with Crippen LogP contribution in [0.5, 0.6) is 0 Å². The molecule has 4 nitrogen and oxygen atoms in total. The molecule has 2 rings (SSSR count). The first-order valence-corrected chi connectivity index (χ1v) is 7.19. The topological polar surface area (TPSA) is 46.4 Å². The number of rotatable bonds is 4. The van der Waals surface area contributed by atoms with E-state index in [0.29, 0.717) is 21.7 Å². The number of hydrogen-bond acceptors (Lipinski definition) is 2. The molecule has 0 aliphatic rings. The molecule has 2 aromatic rings. The number of hydrogen-bond donors (Lipinski definition) is 1. The van der Waals surface area contributed by atoms with E-state index in [0.717, 1.165) is 5.56 Å². The fourth-order valence-corrected chi connectivity index (χ4v) is 1.99. The standard InChI is InChI=1S/C15H15Cl2N3O/c1-10(2)20-6-5-11(9-20)8-18-19-15(21)12-3-4-13(16)14(17)7-12/h3-10H,1-2H3,(H,19,21)/b18-8-. The van der Waals surface area contributed by atoms with Gasteiger partial charge in [0, 0.05) is 29.6 Å². The largest absolute Gasteiger partial charge is 0.351 e. The highest BCUT2D eigenvalue weighted by Crippen LogP contribution is 2.22. The minimum absolute atomic E-state index is 0.335. The molecule has 6 heteroatoms. The molecule has 1 aromatic heterocycles. The minimum Gasteiger partial charge on any atom is -0.351 e. The van der Waals surface area contributed by atoms with Gasteiger partial charge in [-0.2, -0.15) is 5.10 Å². The van der Waals surface area contributed by atoms with Crippen LogP contribution in [0.15, 0.2) is 41.8 Å². The maximum absolute atomic E-state index is 11.9. The van der Waals surface area contributed by atoms with Crippen LogP contribution in [-0.4, -0.2) is 16.7 Å². The fourth-order valence-electron chi connectivity index (χ4n) is 1.70. The van der Waals surface area contributed by atoms with Crippen molar-refractivity contribution in [3.63, 3.8) is 0 Å². The summed E-state index contributed by atoms with van der Waals surface area (Å²) >= 11 is 11.7. The summed E-state index contributed by atoms with van der Waals surface area (Å²) in [5, 5.41) is 4.67. The predicted molar refractivity (Wildman–Crippen MR) is 86.3 cm³/mol. The monoisotopic (exact) mass is 323 g/mol. The van der Waals surface area contributed by atoms with Gasteiger partial charge < -0.3 is 4.57 Å². The molecule has 0 atom stereocenters. The average Bonchev–Trinajstić information content (AvgIpc) is 2.91. The molecule has 0 saturated carbocycles. The van der Waals surface area contributed by atoms with E-state index in [1.807, 2.05) is 18.5 Å². The molecule has 0 unspecified atom stereocenters. The Morgan fingerprint density at radius 3 is 2.67 bits per heavy atom. The summed E-state index contributed by atoms with van der Waals surface area (Å²) in [4.78, 5) is 11.9. The maximum atomic E-state index is 11.9. The molecule has 1 aromatic carbocycles. The van der Waals surface area contributed by atoms with Gasteiger partial charge in [-0.15, -0.1) is 0 Å². The van der Waals surface area contributed by atoms with Crippen molar-refractivity contribution >= 4 is 35.3 Å². The number of halogens is 2. The summed E-state index contributed by atoms with van der Waals surface area (Å²) in [5.41, 5.74) is 3.77. The van der Waals surface area contributed by atoms with Crippen LogP contribution < -0.4 is 5.43 Å². The van der Waals surface area contributed by atoms with Gasteiger partial charge in [0.25, 0.3) is 5.91 Å². The average molecular weight is 324 g/mol. The van der Waals surface area contributed by atoms with E-state index in [4.69, 9.17) is 23.2 Å². The van der Waals surface area contributed by atoms with Crippen molar-refractivity contribution in [2.24, 2.45) is 5.10 Å². The molecule has 0 aliphatic carbocycles. The van der Waals surface area contributed by atoms with E-state index in [1.54, 1.807) is 18.3 Å². The summed E-state index contributed by atoms with van der Waals surface area (Å²) in [6.45, 7) is 4.18. The Kier molecular flexibility index (Phi) is 5.04. The van der Waals surface area contributed by atoms with Gasteiger partial charge in [-0.1, -0.05) is 23.2 Å². The third-order valence-electron chi connectivity index (χ3n) is 2.90. The summed E-state index contributed by atoms with van der Waals surface area (Å²) in [7, 11) is 0. The second-order valence-electron chi connectivity index (χ2n) is 4.81. The quantitative estimate of drug-likeness (QED) is 0.667. The van der Waals surface area contributed by atoms with Crippen LogP contribution in [0.4, 0.5) is 0 Å². The second-order valence-corrected chi connectivity index (χ2v) is 5.63. The predicted octanol–water partition coefficient (Wildman–Crippen LogP) is 4.14. The third kappa shape index (κ3) is 4.09. The van der Waals surface area contributed by atoms with Crippen LogP contribution in [0.25, 0.3) is 0 Å². The number of nitrogens with zero attached hydrogens (tertiary/aromatic N) is 2. The smallest absolute Gasteiger partial charge is 0.271 e. The van der Waals surface area contributed by atoms with Crippen molar-refractivity contribution in [2.45, 2.75) is 19.9 Å². The van der Waals surface area contributed by atoms with E-state index in [2.05, 4.69) is 28.9 Å². The molecule has 1 N–H and O–H groups in total. The van der Waals surface area contributed by atoms with Crippen LogP contribution in [0.2, 0.25) is 10.0 Å². The van der Waals surface area contributed by atoms with Gasteiger partial charge in [-0.05, 0) is 38.1 Å². The first-order chi connectivity index (χ1) is 9.97. The normalized spacial score (nSPS) is 11.3. The van der Waals surface area contributed by atoms with Gasteiger partial charge in [0.1, 0.15) is 0 Å². The van der Waals surface area contributed by atoms with E-state index in [1.165, 1.54) is 6.07 Å². The maximum Gasteiger partial charge on any atom is 0.271 e. The first-order valence-electron chi connectivity index (χ1n) is 6.43. The van der Waals surface area contributed by atoms with Crippen LogP contribution in [0.3, 0.4) is 0 Å². The van der Waals surface area contributed by atoms with Gasteiger partial charge in [0.2, 0.25) is 0 Å². The molecule has 0 radical (unpaired) electrons. The molecule has 0 aliphatic heterocycles. The molecule has 0 fully saturated rings. The molecular formula is C15H15Cl2N3O. The summed E-state index contributed by atoms with van der Waals surface area (Å²) in [6.07, 6.45) is 5.51. The van der Waals surface area contributed by atoms with Crippen molar-refractivity contribution in [3.05, 3.63) is 57.8 Å². The highest BCUT2D eigenvalue weighted by Gasteiger charge is 2.06. The van der Waals surface area contributed by atoms with Crippen molar-refractivity contribution in [2.75, 3.05) is 0 Å². The van der Waals surface area contributed by atoms with Gasteiger partial charge in [0.15, 0.2) is 0 Å². The van der Waals surface area contributed by atoms with E-state index in [-0.39, 0.29) is 5.91 Å². The van der Waals surface area contributed by atoms with Crippen molar-refractivity contribution < 1.29 is 4.79 Å². The zero-order chi connectivity index (χ0) is 15.4. The Labute approximate surface area is 133 Å². The van der Waals surface area contributed by atoms with E-state index < -0.39 is 0 Å². The minimum atomic E-state index is -0.340. The molecule has 21 heavy (non-hydrogen) atoms. The van der Waals surface area contributed by atoms with E-state index in [9.17, 15) is 4.79 Å². The lowest BCUT2D eigenvalue weighted by atomic mass is 10.2. The highest BCUT2D eigenvalue weighted by molar-refractivity contribution is 6.42. The summed E-state index contributed by atoms with van der Waals surface area (Å²) in [6, 6.07) is 6.98. The van der Waals surface area contributed by atoms with Crippen molar-refractivity contribution in [1.82, 2.24) is 9.99 Å². The van der Waals surface area contributed by atoms with Crippen molar-refractivity contribution in [1.29, 1.82) is 0 Å². The Morgan fingerprint density at radius 1 is 1.29 bits per heavy atom. The van der Waals surface area contributed by atoms with Gasteiger partial charge in [0.05, 0.1) is 16.3 Å². The molecule has 110 valence electrons. The molecule has 1 heterocycles. The molecule has 0 spiro atoms. The third-order valence-corrected chi connectivity index (χ3v) is 3.63. The van der Waals surface area contributed by atoms with Crippen LogP contribution in [0.1, 0.15) is 35.8 Å². The number of hydrazone groups is 1. The van der Waals surface area contributed by atoms with Crippen LogP contribution in [-0.2, 0) is 0 Å². The number of benzene rings is 1. The summed E-state index contributed by atoms with van der Waals surface area (Å²) in [5.74, 6) is -0.340. The second kappa shape index (κ2) is 6.78. The van der Waals surface area contributed by atoms with Crippen LogP contribution >= 0.6 is 23.2 Å². The Hall–Kier alpha value is -1.78. The highest BCUT2D eigenvalue weighted by atomic mass is 35.5. The lowest BCUT2D eigenvalue weighted by molar-refractivity contribution is 0.0955. The lowest BCUT2D eigenvalue weighted by Gasteiger charge is -2.04. The number of aromatic nitrogens is 1. The fraction of sp³-hybridized carbons (Fsp3) is 0.200. The Balaban J connectivity index is 1.99. The van der Waals surface area contributed by atoms with E-state index >= 15 is 0 Å². The van der Waals surface area contributed by atoms with Gasteiger partial charge in [-0.25, -0.2) is 5.43 Å². The Bertz CT molecular complexity index is 677. The zero-order valence-electron chi connectivity index (χ0n) is 11.7. The van der Waals surface area contributed by atoms with Crippen LogP contribution in [0, 0.1) is 0 Å². The number of amides is 1. The molecular weight excluding hydrogens is 309 g/mol. The van der Waals surface area contributed by atoms with Gasteiger partial charge >= 0.3 is 0 Å². The SMILES string of the molecule is CC(C)n1ccc(/C=N\NC(=O)c2ccc(Cl)c(Cl)c2)c1.